The van der Waals surface area contributed by atoms with Crippen molar-refractivity contribution in [2.24, 2.45) is 0 Å². The molecule has 3 nitrogen and oxygen atoms in total. The Bertz CT molecular complexity index is 1440. The third-order valence-corrected chi connectivity index (χ3v) is 5.00. The van der Waals surface area contributed by atoms with Crippen molar-refractivity contribution in [3.05, 3.63) is 96.6 Å². The molecule has 0 aliphatic rings. The van der Waals surface area contributed by atoms with Crippen LogP contribution in [0, 0.1) is 11.6 Å². The van der Waals surface area contributed by atoms with E-state index in [9.17, 15) is 13.6 Å². The molecule has 5 heteroatoms. The van der Waals surface area contributed by atoms with Crippen molar-refractivity contribution in [2.75, 3.05) is 0 Å². The highest BCUT2D eigenvalue weighted by Crippen LogP contribution is 2.38. The summed E-state index contributed by atoms with van der Waals surface area (Å²) >= 11 is 0. The topological polar surface area (TPSA) is 35.5 Å². The van der Waals surface area contributed by atoms with Gasteiger partial charge in [-0.05, 0) is 35.0 Å². The van der Waals surface area contributed by atoms with Gasteiger partial charge in [-0.1, -0.05) is 60.7 Å². The van der Waals surface area contributed by atoms with E-state index in [-0.39, 0.29) is 21.9 Å². The summed E-state index contributed by atoms with van der Waals surface area (Å²) < 4.78 is 39.9. The van der Waals surface area contributed by atoms with Crippen molar-refractivity contribution in [2.45, 2.75) is 0 Å². The molecule has 5 aromatic carbocycles. The van der Waals surface area contributed by atoms with E-state index in [1.807, 2.05) is 30.3 Å². The number of fused-ring (bicyclic) bond motifs is 3. The van der Waals surface area contributed by atoms with Crippen LogP contribution in [0.2, 0.25) is 0 Å². The van der Waals surface area contributed by atoms with Crippen molar-refractivity contribution >= 4 is 38.5 Å². The summed E-state index contributed by atoms with van der Waals surface area (Å²) in [5.41, 5.74) is 0. The van der Waals surface area contributed by atoms with Gasteiger partial charge in [-0.2, -0.15) is 0 Å². The maximum atomic E-state index is 14.6. The zero-order chi connectivity index (χ0) is 20.7. The van der Waals surface area contributed by atoms with E-state index < -0.39 is 17.8 Å². The molecule has 0 amide bonds. The number of carbonyl (C=O) groups is 1. The Labute approximate surface area is 170 Å². The maximum Gasteiger partial charge on any atom is 0.519 e. The summed E-state index contributed by atoms with van der Waals surface area (Å²) in [7, 11) is 0. The molecule has 0 aromatic heterocycles. The molecule has 5 rings (SSSR count). The van der Waals surface area contributed by atoms with Crippen molar-refractivity contribution in [3.63, 3.8) is 0 Å². The number of ether oxygens (including phenoxy) is 2. The van der Waals surface area contributed by atoms with Crippen molar-refractivity contribution in [1.82, 2.24) is 0 Å². The Morgan fingerprint density at radius 2 is 1.30 bits per heavy atom. The quantitative estimate of drug-likeness (QED) is 0.182. The minimum absolute atomic E-state index is 0.0784. The number of hydrogen-bond donors (Lipinski definition) is 0. The van der Waals surface area contributed by atoms with E-state index in [1.54, 1.807) is 24.3 Å². The molecule has 0 aliphatic heterocycles. The highest BCUT2D eigenvalue weighted by Gasteiger charge is 2.19. The summed E-state index contributed by atoms with van der Waals surface area (Å²) in [5, 5.41) is 2.64. The first kappa shape index (κ1) is 18.1. The zero-order valence-electron chi connectivity index (χ0n) is 15.6. The summed E-state index contributed by atoms with van der Waals surface area (Å²) in [6.45, 7) is 0. The monoisotopic (exact) mass is 400 g/mol. The molecule has 0 unspecified atom stereocenters. The predicted octanol–water partition coefficient (Wildman–Crippen LogP) is 7.00. The molecule has 0 fully saturated rings. The SMILES string of the molecule is O=C(Oc1cccc2ccccc12)Oc1c2cccc(F)c2cc2cccc(F)c12. The van der Waals surface area contributed by atoms with Crippen LogP contribution in [0.25, 0.3) is 32.3 Å². The second kappa shape index (κ2) is 7.12. The number of benzene rings is 5. The number of rotatable bonds is 2. The van der Waals surface area contributed by atoms with Crippen LogP contribution in [0.5, 0.6) is 11.5 Å². The molecule has 5 aromatic rings. The Kier molecular flexibility index (Phi) is 4.29. The molecule has 0 saturated carbocycles. The Morgan fingerprint density at radius 3 is 2.20 bits per heavy atom. The van der Waals surface area contributed by atoms with Gasteiger partial charge in [-0.3, -0.25) is 0 Å². The Balaban J connectivity index is 1.62. The third-order valence-electron chi connectivity index (χ3n) is 5.00. The average Bonchev–Trinajstić information content (AvgIpc) is 2.75. The normalized spacial score (nSPS) is 11.1. The standard InChI is InChI=1S/C25H14F2O3/c26-20-11-5-10-18-19(20)14-16-8-3-12-21(27)23(16)24(18)30-25(28)29-22-13-4-7-15-6-1-2-9-17(15)22/h1-14H. The zero-order valence-corrected chi connectivity index (χ0v) is 15.6. The summed E-state index contributed by atoms with van der Waals surface area (Å²) in [6, 6.07) is 23.0. The number of hydrogen-bond acceptors (Lipinski definition) is 3. The molecule has 0 heterocycles. The van der Waals surface area contributed by atoms with Crippen LogP contribution in [0.15, 0.2) is 84.9 Å². The van der Waals surface area contributed by atoms with Crippen molar-refractivity contribution in [1.29, 1.82) is 0 Å². The van der Waals surface area contributed by atoms with E-state index in [0.717, 1.165) is 10.8 Å². The number of carbonyl (C=O) groups excluding carboxylic acids is 1. The minimum Gasteiger partial charge on any atom is -0.394 e. The van der Waals surface area contributed by atoms with Crippen molar-refractivity contribution < 1.29 is 23.0 Å². The molecule has 146 valence electrons. The van der Waals surface area contributed by atoms with E-state index >= 15 is 0 Å². The van der Waals surface area contributed by atoms with E-state index in [2.05, 4.69) is 0 Å². The fraction of sp³-hybridized carbons (Fsp3) is 0. The highest BCUT2D eigenvalue weighted by atomic mass is 19.1. The molecule has 0 saturated heterocycles. The minimum atomic E-state index is -1.03. The maximum absolute atomic E-state index is 14.6. The van der Waals surface area contributed by atoms with Crippen LogP contribution >= 0.6 is 0 Å². The molecule has 0 N–H and O–H groups in total. The van der Waals surface area contributed by atoms with Gasteiger partial charge in [-0.25, -0.2) is 13.6 Å². The van der Waals surface area contributed by atoms with E-state index in [4.69, 9.17) is 9.47 Å². The predicted molar refractivity (Wildman–Crippen MR) is 112 cm³/mol. The summed E-state index contributed by atoms with van der Waals surface area (Å²) in [6.07, 6.45) is -1.03. The van der Waals surface area contributed by atoms with Gasteiger partial charge >= 0.3 is 6.16 Å². The van der Waals surface area contributed by atoms with Gasteiger partial charge in [0, 0.05) is 16.2 Å². The highest BCUT2D eigenvalue weighted by molar-refractivity contribution is 6.06. The first-order chi connectivity index (χ1) is 14.6. The fourth-order valence-electron chi connectivity index (χ4n) is 3.66. The Morgan fingerprint density at radius 1 is 0.633 bits per heavy atom. The van der Waals surface area contributed by atoms with Gasteiger partial charge in [0.2, 0.25) is 0 Å². The van der Waals surface area contributed by atoms with Crippen LogP contribution in [-0.2, 0) is 0 Å². The van der Waals surface area contributed by atoms with Gasteiger partial charge < -0.3 is 9.47 Å². The first-order valence-corrected chi connectivity index (χ1v) is 9.29. The van der Waals surface area contributed by atoms with Gasteiger partial charge in [0.15, 0.2) is 5.75 Å². The van der Waals surface area contributed by atoms with Crippen LogP contribution in [0.3, 0.4) is 0 Å². The lowest BCUT2D eigenvalue weighted by Crippen LogP contribution is -2.14. The van der Waals surface area contributed by atoms with Crippen LogP contribution in [-0.4, -0.2) is 6.16 Å². The molecular formula is C25H14F2O3. The smallest absolute Gasteiger partial charge is 0.394 e. The van der Waals surface area contributed by atoms with Gasteiger partial charge in [0.25, 0.3) is 0 Å². The molecule has 0 atom stereocenters. The number of halogens is 2. The fourth-order valence-corrected chi connectivity index (χ4v) is 3.66. The van der Waals surface area contributed by atoms with Crippen molar-refractivity contribution in [3.8, 4) is 11.5 Å². The van der Waals surface area contributed by atoms with Gasteiger partial charge in [-0.15, -0.1) is 0 Å². The Hall–Kier alpha value is -3.99. The first-order valence-electron chi connectivity index (χ1n) is 9.29. The largest absolute Gasteiger partial charge is 0.519 e. The lowest BCUT2D eigenvalue weighted by atomic mass is 10.0. The molecule has 30 heavy (non-hydrogen) atoms. The molecule has 0 radical (unpaired) electrons. The van der Waals surface area contributed by atoms with Gasteiger partial charge in [0.05, 0.1) is 5.39 Å². The second-order valence-corrected chi connectivity index (χ2v) is 6.81. The average molecular weight is 400 g/mol. The van der Waals surface area contributed by atoms with Crippen LogP contribution < -0.4 is 9.47 Å². The van der Waals surface area contributed by atoms with Crippen LogP contribution in [0.4, 0.5) is 13.6 Å². The molecule has 0 bridgehead atoms. The van der Waals surface area contributed by atoms with Crippen LogP contribution in [0.1, 0.15) is 0 Å². The molecular weight excluding hydrogens is 386 g/mol. The van der Waals surface area contributed by atoms with E-state index in [0.29, 0.717) is 11.1 Å². The third kappa shape index (κ3) is 3.01. The van der Waals surface area contributed by atoms with E-state index in [1.165, 1.54) is 30.3 Å². The molecule has 0 spiro atoms. The summed E-state index contributed by atoms with van der Waals surface area (Å²) in [5.74, 6) is -0.836. The van der Waals surface area contributed by atoms with Gasteiger partial charge in [0.1, 0.15) is 17.4 Å². The lowest BCUT2D eigenvalue weighted by molar-refractivity contribution is 0.153. The molecule has 0 aliphatic carbocycles. The second-order valence-electron chi connectivity index (χ2n) is 6.81. The lowest BCUT2D eigenvalue weighted by Gasteiger charge is -2.13. The summed E-state index contributed by atoms with van der Waals surface area (Å²) in [4.78, 5) is 12.6.